The molecule has 4 rings (SSSR count). The Morgan fingerprint density at radius 1 is 1.30 bits per heavy atom. The Kier molecular flexibility index (Phi) is 4.48. The summed E-state index contributed by atoms with van der Waals surface area (Å²) >= 11 is 3.38. The molecule has 1 aromatic rings. The van der Waals surface area contributed by atoms with Crippen molar-refractivity contribution in [2.45, 2.75) is 6.42 Å². The zero-order chi connectivity index (χ0) is 19.1. The normalized spacial score (nSPS) is 28.1. The van der Waals surface area contributed by atoms with Crippen molar-refractivity contribution in [3.8, 4) is 17.6 Å². The number of halogens is 1. The van der Waals surface area contributed by atoms with Gasteiger partial charge in [0.15, 0.2) is 18.1 Å². The number of benzene rings is 1. The highest BCUT2D eigenvalue weighted by atomic mass is 79.9. The number of carbonyl (C=O) groups is 2. The molecule has 0 aromatic heterocycles. The van der Waals surface area contributed by atoms with Gasteiger partial charge in [0, 0.05) is 10.0 Å². The highest BCUT2D eigenvalue weighted by Gasteiger charge is 2.59. The van der Waals surface area contributed by atoms with E-state index in [1.54, 1.807) is 12.1 Å². The number of methoxy groups -OCH3 is 1. The number of nitrogens with zero attached hydrogens (tertiary/aromatic N) is 3. The first-order valence-corrected chi connectivity index (χ1v) is 9.32. The largest absolute Gasteiger partial charge is 0.493 e. The minimum Gasteiger partial charge on any atom is -0.493 e. The van der Waals surface area contributed by atoms with Gasteiger partial charge in [-0.3, -0.25) is 9.59 Å². The van der Waals surface area contributed by atoms with Gasteiger partial charge in [0.05, 0.1) is 25.2 Å². The van der Waals surface area contributed by atoms with Crippen molar-refractivity contribution >= 4 is 34.0 Å². The van der Waals surface area contributed by atoms with Crippen molar-refractivity contribution < 1.29 is 19.1 Å². The smallest absolute Gasteiger partial charge is 0.254 e. The SMILES string of the molecule is COc1cc(Br)cc(C=NN2C(=O)[C@@H]3[C@H](C2=O)[C@H]2C=C[C@H]3C2)c1OCC#N. The van der Waals surface area contributed by atoms with Crippen molar-refractivity contribution in [3.63, 3.8) is 0 Å². The van der Waals surface area contributed by atoms with Crippen LogP contribution in [0.2, 0.25) is 0 Å². The van der Waals surface area contributed by atoms with Crippen molar-refractivity contribution in [1.82, 2.24) is 5.01 Å². The number of ether oxygens (including phenoxy) is 2. The average Bonchev–Trinajstić information content (AvgIpc) is 3.33. The molecular weight excluding hydrogens is 414 g/mol. The zero-order valence-electron chi connectivity index (χ0n) is 14.5. The number of hydrogen-bond donors (Lipinski definition) is 0. The number of rotatable bonds is 5. The molecule has 1 aromatic carbocycles. The fourth-order valence-corrected chi connectivity index (χ4v) is 4.67. The molecule has 7 nitrogen and oxygen atoms in total. The Balaban J connectivity index is 1.64. The predicted octanol–water partition coefficient (Wildman–Crippen LogP) is 2.50. The number of hydrogen-bond acceptors (Lipinski definition) is 6. The monoisotopic (exact) mass is 429 g/mol. The van der Waals surface area contributed by atoms with Crippen LogP contribution in [0.15, 0.2) is 33.9 Å². The second kappa shape index (κ2) is 6.82. The molecule has 0 spiro atoms. The molecular formula is C19H16BrN3O4. The van der Waals surface area contributed by atoms with Gasteiger partial charge in [-0.1, -0.05) is 28.1 Å². The van der Waals surface area contributed by atoms with Crippen LogP contribution in [0.1, 0.15) is 12.0 Å². The number of fused-ring (bicyclic) bond motifs is 5. The van der Waals surface area contributed by atoms with E-state index in [0.29, 0.717) is 21.5 Å². The van der Waals surface area contributed by atoms with Crippen LogP contribution in [0, 0.1) is 35.0 Å². The van der Waals surface area contributed by atoms with E-state index in [4.69, 9.17) is 14.7 Å². The van der Waals surface area contributed by atoms with Crippen LogP contribution < -0.4 is 9.47 Å². The van der Waals surface area contributed by atoms with Crippen molar-refractivity contribution in [2.24, 2.45) is 28.8 Å². The Morgan fingerprint density at radius 3 is 2.56 bits per heavy atom. The average molecular weight is 430 g/mol. The van der Waals surface area contributed by atoms with Gasteiger partial charge in [0.2, 0.25) is 0 Å². The highest BCUT2D eigenvalue weighted by molar-refractivity contribution is 9.10. The van der Waals surface area contributed by atoms with Crippen LogP contribution in [0.5, 0.6) is 11.5 Å². The molecule has 8 heteroatoms. The van der Waals surface area contributed by atoms with E-state index in [1.807, 2.05) is 18.2 Å². The Hall–Kier alpha value is -2.66. The van der Waals surface area contributed by atoms with Gasteiger partial charge < -0.3 is 9.47 Å². The summed E-state index contributed by atoms with van der Waals surface area (Å²) in [4.78, 5) is 25.4. The predicted molar refractivity (Wildman–Crippen MR) is 99.0 cm³/mol. The lowest BCUT2D eigenvalue weighted by Crippen LogP contribution is -2.28. The van der Waals surface area contributed by atoms with E-state index in [0.717, 1.165) is 11.4 Å². The lowest BCUT2D eigenvalue weighted by Gasteiger charge is -2.13. The van der Waals surface area contributed by atoms with Gasteiger partial charge in [-0.15, -0.1) is 0 Å². The van der Waals surface area contributed by atoms with E-state index < -0.39 is 0 Å². The standard InChI is InChI=1S/C19H16BrN3O4/c1-26-14-8-13(20)7-12(17(14)27-5-4-21)9-22-23-18(24)15-10-2-3-11(6-10)16(15)19(23)25/h2-3,7-11,15-16H,5-6H2,1H3/t10-,11-,15-,16+/m0/s1. The molecule has 27 heavy (non-hydrogen) atoms. The fraction of sp³-hybridized carbons (Fsp3) is 0.368. The lowest BCUT2D eigenvalue weighted by atomic mass is 9.85. The third kappa shape index (κ3) is 2.82. The van der Waals surface area contributed by atoms with Crippen LogP contribution >= 0.6 is 15.9 Å². The second-order valence-corrected chi connectivity index (χ2v) is 7.62. The minimum atomic E-state index is -0.295. The summed E-state index contributed by atoms with van der Waals surface area (Å²) in [6.07, 6.45) is 6.35. The van der Waals surface area contributed by atoms with E-state index >= 15 is 0 Å². The quantitative estimate of drug-likeness (QED) is 0.407. The summed E-state index contributed by atoms with van der Waals surface area (Å²) < 4.78 is 11.5. The van der Waals surface area contributed by atoms with Crippen LogP contribution in [0.3, 0.4) is 0 Å². The molecule has 2 amide bonds. The van der Waals surface area contributed by atoms with Gasteiger partial charge in [-0.25, -0.2) is 0 Å². The lowest BCUT2D eigenvalue weighted by molar-refractivity contribution is -0.140. The summed E-state index contributed by atoms with van der Waals surface area (Å²) in [5.74, 6) is -0.0771. The summed E-state index contributed by atoms with van der Waals surface area (Å²) in [6, 6.07) is 5.32. The maximum atomic E-state index is 12.7. The second-order valence-electron chi connectivity index (χ2n) is 6.71. The molecule has 2 aliphatic carbocycles. The molecule has 0 unspecified atom stereocenters. The van der Waals surface area contributed by atoms with Crippen LogP contribution in [-0.4, -0.2) is 36.8 Å². The number of imide groups is 1. The first-order valence-electron chi connectivity index (χ1n) is 8.52. The van der Waals surface area contributed by atoms with Gasteiger partial charge in [0.1, 0.15) is 6.07 Å². The number of hydrazone groups is 1. The molecule has 2 fully saturated rings. The highest BCUT2D eigenvalue weighted by Crippen LogP contribution is 2.52. The Labute approximate surface area is 164 Å². The number of nitriles is 1. The molecule has 0 N–H and O–H groups in total. The topological polar surface area (TPSA) is 92.0 Å². The zero-order valence-corrected chi connectivity index (χ0v) is 16.0. The van der Waals surface area contributed by atoms with E-state index in [2.05, 4.69) is 21.0 Å². The van der Waals surface area contributed by atoms with Gasteiger partial charge >= 0.3 is 0 Å². The molecule has 1 aliphatic heterocycles. The van der Waals surface area contributed by atoms with Crippen molar-refractivity contribution in [2.75, 3.05) is 13.7 Å². The van der Waals surface area contributed by atoms with E-state index in [1.165, 1.54) is 13.3 Å². The molecule has 3 aliphatic rings. The molecule has 0 radical (unpaired) electrons. The molecule has 4 atom stereocenters. The summed E-state index contributed by atoms with van der Waals surface area (Å²) in [5.41, 5.74) is 0.496. The minimum absolute atomic E-state index is 0.136. The van der Waals surface area contributed by atoms with E-state index in [-0.39, 0.29) is 42.1 Å². The molecule has 1 saturated heterocycles. The molecule has 1 saturated carbocycles. The number of allylic oxidation sites excluding steroid dienone is 2. The Morgan fingerprint density at radius 2 is 1.96 bits per heavy atom. The molecule has 2 bridgehead atoms. The summed E-state index contributed by atoms with van der Waals surface area (Å²) in [5, 5.41) is 13.9. The first-order chi connectivity index (χ1) is 13.0. The van der Waals surface area contributed by atoms with Crippen LogP contribution in [0.25, 0.3) is 0 Å². The first kappa shape index (κ1) is 17.7. The maximum absolute atomic E-state index is 12.7. The van der Waals surface area contributed by atoms with Crippen LogP contribution in [0.4, 0.5) is 0 Å². The Bertz CT molecular complexity index is 890. The summed E-state index contributed by atoms with van der Waals surface area (Å²) in [6.45, 7) is -0.167. The fourth-order valence-electron chi connectivity index (χ4n) is 4.22. The van der Waals surface area contributed by atoms with E-state index in [9.17, 15) is 9.59 Å². The maximum Gasteiger partial charge on any atom is 0.254 e. The van der Waals surface area contributed by atoms with Crippen LogP contribution in [-0.2, 0) is 9.59 Å². The van der Waals surface area contributed by atoms with Gasteiger partial charge in [0.25, 0.3) is 11.8 Å². The summed E-state index contributed by atoms with van der Waals surface area (Å²) in [7, 11) is 1.49. The third-order valence-corrected chi connectivity index (χ3v) is 5.77. The van der Waals surface area contributed by atoms with Gasteiger partial charge in [-0.05, 0) is 30.4 Å². The number of amides is 2. The number of carbonyl (C=O) groups excluding carboxylic acids is 2. The molecule has 138 valence electrons. The van der Waals surface area contributed by atoms with Gasteiger partial charge in [-0.2, -0.15) is 15.4 Å². The molecule has 1 heterocycles. The third-order valence-electron chi connectivity index (χ3n) is 5.31. The van der Waals surface area contributed by atoms with Crippen molar-refractivity contribution in [3.05, 3.63) is 34.3 Å². The van der Waals surface area contributed by atoms with Crippen molar-refractivity contribution in [1.29, 1.82) is 5.26 Å².